The average molecular weight is 1730 g/mol. The first-order valence-corrected chi connectivity index (χ1v) is 51.2. The van der Waals surface area contributed by atoms with Crippen LogP contribution in [0.4, 0.5) is 0 Å². The number of phosphoric acid groups is 1. The van der Waals surface area contributed by atoms with Crippen LogP contribution in [0.2, 0.25) is 0 Å². The summed E-state index contributed by atoms with van der Waals surface area (Å²) in [4.78, 5) is 118. The Hall–Kier alpha value is -3.64. The van der Waals surface area contributed by atoms with Gasteiger partial charge in [-0.2, -0.15) is 0 Å². The van der Waals surface area contributed by atoms with E-state index < -0.39 is 143 Å². The van der Waals surface area contributed by atoms with E-state index in [2.05, 4.69) is 52.2 Å². The predicted molar refractivity (Wildman–Crippen MR) is 479 cm³/mol. The summed E-state index contributed by atoms with van der Waals surface area (Å²) < 4.78 is 55.0. The van der Waals surface area contributed by atoms with Gasteiger partial charge in [0.15, 0.2) is 12.4 Å². The van der Waals surface area contributed by atoms with Gasteiger partial charge >= 0.3 is 31.7 Å². The summed E-state index contributed by atoms with van der Waals surface area (Å²) in [6.07, 6.45) is 46.5. The van der Waals surface area contributed by atoms with Gasteiger partial charge in [0.1, 0.15) is 67.2 Å². The Bertz CT molecular complexity index is 2500. The van der Waals surface area contributed by atoms with E-state index in [0.29, 0.717) is 51.4 Å². The van der Waals surface area contributed by atoms with Crippen LogP contribution in [0.3, 0.4) is 0 Å². The minimum absolute atomic E-state index is 0.110. The van der Waals surface area contributed by atoms with Gasteiger partial charge in [0.05, 0.1) is 32.5 Å². The SMILES string of the molecule is CCCCCCCCCCCCCCCC(=O)O[C@H](CCCCCCCCCCC)CC(=O)N[C@@H](C=O)[C@@H](O)[C@H](O)[C@H](O)CO[C@@H]1O[C@H](CO)[C@@H](OP(=O)(O)O)[C@H](OC(=O)C[C@@H](CCCCCCCCCCC)OC(=O)CCCCCCCCCCCCC)[C@H]1NC(=O)C[C@@H](CCCCCCCCCCC)OC(=O)CCCCCCCCCCC. The van der Waals surface area contributed by atoms with Crippen LogP contribution in [-0.2, 0) is 71.1 Å². The van der Waals surface area contributed by atoms with Crippen molar-refractivity contribution < 1.29 is 101 Å². The van der Waals surface area contributed by atoms with Crippen molar-refractivity contribution >= 4 is 49.8 Å². The van der Waals surface area contributed by atoms with E-state index in [4.69, 9.17) is 32.9 Å². The third kappa shape index (κ3) is 65.0. The minimum atomic E-state index is -5.61. The fourth-order valence-corrected chi connectivity index (χ4v) is 16.8. The third-order valence-corrected chi connectivity index (χ3v) is 24.2. The third-order valence-electron chi connectivity index (χ3n) is 23.7. The summed E-state index contributed by atoms with van der Waals surface area (Å²) >= 11 is 0. The number of ether oxygens (including phenoxy) is 6. The summed E-state index contributed by atoms with van der Waals surface area (Å²) in [5.41, 5.74) is 0. The number of hydrogen-bond donors (Lipinski definition) is 8. The van der Waals surface area contributed by atoms with Crippen molar-refractivity contribution in [3.05, 3.63) is 0 Å². The topological polar surface area (TPSA) is 347 Å². The molecule has 0 spiro atoms. The zero-order chi connectivity index (χ0) is 88.2. The molecule has 706 valence electrons. The molecule has 8 N–H and O–H groups in total. The monoisotopic (exact) mass is 1730 g/mol. The highest BCUT2D eigenvalue weighted by atomic mass is 31.2. The van der Waals surface area contributed by atoms with Crippen molar-refractivity contribution in [1.82, 2.24) is 10.6 Å². The van der Waals surface area contributed by atoms with E-state index in [-0.39, 0.29) is 38.4 Å². The fraction of sp³-hybridized carbons (Fsp3) is 0.927. The van der Waals surface area contributed by atoms with Crippen LogP contribution < -0.4 is 10.6 Å². The number of aliphatic hydroxyl groups excluding tert-OH is 4. The fourth-order valence-electron chi connectivity index (χ4n) is 16.2. The number of unbranched alkanes of at least 4 members (excludes halogenated alkanes) is 54. The standard InChI is InChI=1S/C96H181N2O21P/c1-7-13-19-25-31-37-39-40-42-48-54-59-65-70-87(104)114-79(67-61-55-49-43-33-27-21-15-9-3)73-85(102)97-82(76-99)92(108)93(109)83(101)78-113-96-91(98-86(103)74-80(68-62-56-50-44-34-28-22-16-10-4)115-88(105)71-64-58-52-46-36-30-24-18-12-6)95(94(84(77-100)117-96)119-120(110,111)112)118-90(107)75-81(69-63-57-51-45-35-29-23-17-11-5)116-89(106)72-66-60-53-47-41-38-32-26-20-14-8-2/h76,79-84,91-96,100-101,108-109H,7-75,77-78H2,1-6H3,(H,97,102)(H,98,103)(H2,110,111,112)/t79-,80-,81-,82+,83-,84-,91-,92-,93-,94-,95-,96-/m1/s1. The predicted octanol–water partition coefficient (Wildman–Crippen LogP) is 22.1. The van der Waals surface area contributed by atoms with E-state index in [1.807, 2.05) is 0 Å². The van der Waals surface area contributed by atoms with Crippen LogP contribution in [0.5, 0.6) is 0 Å². The molecule has 0 aromatic carbocycles. The normalized spacial score (nSPS) is 17.4. The van der Waals surface area contributed by atoms with Crippen LogP contribution >= 0.6 is 7.82 Å². The summed E-state index contributed by atoms with van der Waals surface area (Å²) in [5, 5.41) is 51.2. The number of esters is 4. The number of carbonyl (C=O) groups excluding carboxylic acids is 7. The molecule has 1 rings (SSSR count). The Balaban J connectivity index is 3.76. The summed E-state index contributed by atoms with van der Waals surface area (Å²) in [7, 11) is -5.61. The molecule has 0 aliphatic carbocycles. The molecule has 1 fully saturated rings. The number of aliphatic hydroxyl groups is 4. The van der Waals surface area contributed by atoms with Gasteiger partial charge in [0.2, 0.25) is 11.8 Å². The smallest absolute Gasteiger partial charge is 0.462 e. The summed E-state index contributed by atoms with van der Waals surface area (Å²) in [6, 6.07) is -3.66. The number of aldehydes is 1. The van der Waals surface area contributed by atoms with E-state index in [9.17, 15) is 68.3 Å². The maximum absolute atomic E-state index is 14.9. The Morgan fingerprint density at radius 2 is 0.658 bits per heavy atom. The first-order valence-electron chi connectivity index (χ1n) is 49.7. The van der Waals surface area contributed by atoms with Crippen molar-refractivity contribution in [3.8, 4) is 0 Å². The molecular weight excluding hydrogens is 1550 g/mol. The maximum Gasteiger partial charge on any atom is 0.470 e. The number of nitrogens with one attached hydrogen (secondary N) is 2. The van der Waals surface area contributed by atoms with Gasteiger partial charge in [-0.3, -0.25) is 33.3 Å². The van der Waals surface area contributed by atoms with Gasteiger partial charge in [-0.05, 0) is 57.8 Å². The molecule has 0 bridgehead atoms. The average Bonchev–Trinajstić information content (AvgIpc) is 0.778. The highest BCUT2D eigenvalue weighted by Crippen LogP contribution is 2.43. The van der Waals surface area contributed by atoms with Crippen molar-refractivity contribution in [3.63, 3.8) is 0 Å². The van der Waals surface area contributed by atoms with E-state index in [1.54, 1.807) is 0 Å². The lowest BCUT2D eigenvalue weighted by Crippen LogP contribution is -2.66. The molecule has 23 nitrogen and oxygen atoms in total. The largest absolute Gasteiger partial charge is 0.470 e. The zero-order valence-corrected chi connectivity index (χ0v) is 77.9. The van der Waals surface area contributed by atoms with Gasteiger partial charge in [-0.25, -0.2) is 4.57 Å². The van der Waals surface area contributed by atoms with Gasteiger partial charge < -0.3 is 74.1 Å². The van der Waals surface area contributed by atoms with Crippen molar-refractivity contribution in [2.24, 2.45) is 0 Å². The summed E-state index contributed by atoms with van der Waals surface area (Å²) in [6.45, 7) is 11.1. The molecule has 0 saturated carbocycles. The van der Waals surface area contributed by atoms with Crippen LogP contribution in [0, 0.1) is 0 Å². The molecule has 0 aromatic rings. The molecular formula is C96H181N2O21P. The Morgan fingerprint density at radius 3 is 0.950 bits per heavy atom. The quantitative estimate of drug-likeness (QED) is 0.00922. The number of phosphoric ester groups is 1. The van der Waals surface area contributed by atoms with Crippen molar-refractivity contribution in [1.29, 1.82) is 0 Å². The van der Waals surface area contributed by atoms with Crippen LogP contribution in [0.25, 0.3) is 0 Å². The molecule has 1 heterocycles. The molecule has 24 heteroatoms. The zero-order valence-electron chi connectivity index (χ0n) is 77.0. The van der Waals surface area contributed by atoms with E-state index in [1.165, 1.54) is 148 Å². The van der Waals surface area contributed by atoms with Gasteiger partial charge in [-0.15, -0.1) is 0 Å². The summed E-state index contributed by atoms with van der Waals surface area (Å²) in [5.74, 6) is -4.09. The molecule has 0 aromatic heterocycles. The highest BCUT2D eigenvalue weighted by Gasteiger charge is 2.53. The van der Waals surface area contributed by atoms with Crippen LogP contribution in [-0.4, -0.2) is 159 Å². The molecule has 1 saturated heterocycles. The van der Waals surface area contributed by atoms with E-state index >= 15 is 0 Å². The van der Waals surface area contributed by atoms with Crippen LogP contribution in [0.1, 0.15) is 485 Å². The van der Waals surface area contributed by atoms with Crippen molar-refractivity contribution in [2.45, 2.75) is 558 Å². The lowest BCUT2D eigenvalue weighted by atomic mass is 9.95. The van der Waals surface area contributed by atoms with Gasteiger partial charge in [0.25, 0.3) is 0 Å². The minimum Gasteiger partial charge on any atom is -0.462 e. The second-order valence-electron chi connectivity index (χ2n) is 35.1. The second kappa shape index (κ2) is 80.0. The molecule has 2 amide bonds. The maximum atomic E-state index is 14.9. The first-order chi connectivity index (χ1) is 58.2. The molecule has 12 atom stereocenters. The number of hydrogen-bond acceptors (Lipinski definition) is 19. The molecule has 120 heavy (non-hydrogen) atoms. The highest BCUT2D eigenvalue weighted by molar-refractivity contribution is 7.46. The lowest BCUT2D eigenvalue weighted by Gasteiger charge is -2.45. The molecule has 1 aliphatic rings. The molecule has 0 unspecified atom stereocenters. The van der Waals surface area contributed by atoms with Crippen LogP contribution in [0.15, 0.2) is 0 Å². The number of carbonyl (C=O) groups is 7. The Morgan fingerprint density at radius 1 is 0.375 bits per heavy atom. The van der Waals surface area contributed by atoms with Crippen molar-refractivity contribution in [2.75, 3.05) is 13.2 Å². The van der Waals surface area contributed by atoms with Gasteiger partial charge in [0, 0.05) is 19.3 Å². The lowest BCUT2D eigenvalue weighted by molar-refractivity contribution is -0.278. The molecule has 1 aliphatic heterocycles. The Labute approximate surface area is 729 Å². The van der Waals surface area contributed by atoms with Gasteiger partial charge in [-0.1, -0.05) is 388 Å². The number of rotatable bonds is 88. The van der Waals surface area contributed by atoms with E-state index in [0.717, 1.165) is 199 Å². The number of amides is 2. The second-order valence-corrected chi connectivity index (χ2v) is 36.3. The molecule has 0 radical (unpaired) electrons. The first kappa shape index (κ1) is 114. The Kier molecular flexibility index (Phi) is 76.2.